The lowest BCUT2D eigenvalue weighted by Crippen LogP contribution is -2.70. The zero-order valence-electron chi connectivity index (χ0n) is 11.5. The average molecular weight is 258 g/mol. The summed E-state index contributed by atoms with van der Waals surface area (Å²) in [6.07, 6.45) is 3.34. The zero-order chi connectivity index (χ0) is 13.5. The Balaban J connectivity index is 1.66. The Labute approximate surface area is 114 Å². The van der Waals surface area contributed by atoms with Crippen LogP contribution in [0.3, 0.4) is 0 Å². The van der Waals surface area contributed by atoms with Crippen molar-refractivity contribution in [3.05, 3.63) is 35.9 Å². The fourth-order valence-electron chi connectivity index (χ4n) is 3.20. The first-order valence-electron chi connectivity index (χ1n) is 7.26. The first kappa shape index (κ1) is 12.7. The molecule has 3 nitrogen and oxygen atoms in total. The van der Waals surface area contributed by atoms with Gasteiger partial charge in [0.1, 0.15) is 0 Å². The van der Waals surface area contributed by atoms with E-state index in [-0.39, 0.29) is 17.4 Å². The lowest BCUT2D eigenvalue weighted by Gasteiger charge is -2.49. The maximum atomic E-state index is 12.6. The van der Waals surface area contributed by atoms with Crippen LogP contribution >= 0.6 is 0 Å². The van der Waals surface area contributed by atoms with Gasteiger partial charge in [0.15, 0.2) is 0 Å². The fourth-order valence-corrected chi connectivity index (χ4v) is 3.20. The normalized spacial score (nSPS) is 22.7. The molecular weight excluding hydrogens is 236 g/mol. The Morgan fingerprint density at radius 2 is 2.00 bits per heavy atom. The molecule has 2 aliphatic rings. The molecule has 1 aromatic rings. The Morgan fingerprint density at radius 1 is 1.37 bits per heavy atom. The van der Waals surface area contributed by atoms with Crippen molar-refractivity contribution in [2.45, 2.75) is 37.6 Å². The summed E-state index contributed by atoms with van der Waals surface area (Å²) in [6, 6.07) is 10.1. The Morgan fingerprint density at radius 3 is 2.53 bits per heavy atom. The predicted octanol–water partition coefficient (Wildman–Crippen LogP) is 2.13. The number of amides is 1. The van der Waals surface area contributed by atoms with Gasteiger partial charge in [-0.05, 0) is 30.7 Å². The fraction of sp³-hybridized carbons (Fsp3) is 0.562. The van der Waals surface area contributed by atoms with E-state index in [1.165, 1.54) is 12.8 Å². The monoisotopic (exact) mass is 258 g/mol. The van der Waals surface area contributed by atoms with Crippen molar-refractivity contribution in [2.75, 3.05) is 13.1 Å². The Bertz CT molecular complexity index is 461. The van der Waals surface area contributed by atoms with E-state index < -0.39 is 0 Å². The van der Waals surface area contributed by atoms with Crippen LogP contribution in [-0.2, 0) is 4.79 Å². The van der Waals surface area contributed by atoms with E-state index in [4.69, 9.17) is 5.73 Å². The Kier molecular flexibility index (Phi) is 3.09. The number of hydrogen-bond donors (Lipinski definition) is 1. The maximum Gasteiger partial charge on any atom is 0.230 e. The molecule has 3 rings (SSSR count). The second-order valence-electron chi connectivity index (χ2n) is 6.07. The van der Waals surface area contributed by atoms with Crippen molar-refractivity contribution < 1.29 is 4.79 Å². The molecule has 1 aliphatic heterocycles. The van der Waals surface area contributed by atoms with E-state index >= 15 is 0 Å². The number of carbonyl (C=O) groups is 1. The van der Waals surface area contributed by atoms with Gasteiger partial charge in [-0.2, -0.15) is 0 Å². The first-order chi connectivity index (χ1) is 9.14. The average Bonchev–Trinajstić information content (AvgIpc) is 3.21. The van der Waals surface area contributed by atoms with E-state index in [9.17, 15) is 4.79 Å². The van der Waals surface area contributed by atoms with Crippen molar-refractivity contribution >= 4 is 5.91 Å². The van der Waals surface area contributed by atoms with Gasteiger partial charge in [0.2, 0.25) is 5.91 Å². The molecule has 0 spiro atoms. The summed E-state index contributed by atoms with van der Waals surface area (Å²) < 4.78 is 0. The minimum absolute atomic E-state index is 0.00930. The molecule has 2 N–H and O–H groups in total. The van der Waals surface area contributed by atoms with Crippen molar-refractivity contribution in [1.29, 1.82) is 0 Å². The van der Waals surface area contributed by atoms with Gasteiger partial charge in [-0.15, -0.1) is 0 Å². The largest absolute Gasteiger partial charge is 0.338 e. The summed E-state index contributed by atoms with van der Waals surface area (Å²) in [7, 11) is 0. The minimum atomic E-state index is -0.0787. The quantitative estimate of drug-likeness (QED) is 0.899. The molecule has 1 aromatic carbocycles. The summed E-state index contributed by atoms with van der Waals surface area (Å²) in [5, 5.41) is 0. The van der Waals surface area contributed by atoms with Crippen molar-refractivity contribution in [1.82, 2.24) is 4.90 Å². The third-order valence-electron chi connectivity index (χ3n) is 4.58. The van der Waals surface area contributed by atoms with Gasteiger partial charge in [-0.25, -0.2) is 0 Å². The van der Waals surface area contributed by atoms with Gasteiger partial charge in [-0.1, -0.05) is 37.3 Å². The number of hydrogen-bond acceptors (Lipinski definition) is 2. The van der Waals surface area contributed by atoms with E-state index in [1.807, 2.05) is 35.2 Å². The number of benzene rings is 1. The molecular formula is C16H22N2O. The predicted molar refractivity (Wildman–Crippen MR) is 75.7 cm³/mol. The van der Waals surface area contributed by atoms with Crippen LogP contribution in [0, 0.1) is 5.92 Å². The second-order valence-corrected chi connectivity index (χ2v) is 6.07. The first-order valence-corrected chi connectivity index (χ1v) is 7.26. The molecule has 1 heterocycles. The van der Waals surface area contributed by atoms with Crippen LogP contribution in [0.25, 0.3) is 0 Å². The zero-order valence-corrected chi connectivity index (χ0v) is 11.5. The summed E-state index contributed by atoms with van der Waals surface area (Å²) in [4.78, 5) is 14.5. The summed E-state index contributed by atoms with van der Waals surface area (Å²) >= 11 is 0. The van der Waals surface area contributed by atoms with Gasteiger partial charge in [-0.3, -0.25) is 4.79 Å². The summed E-state index contributed by atoms with van der Waals surface area (Å²) in [5.41, 5.74) is 7.37. The van der Waals surface area contributed by atoms with Crippen LogP contribution in [0.15, 0.2) is 30.3 Å². The van der Waals surface area contributed by atoms with E-state index in [0.717, 1.165) is 25.1 Å². The molecule has 1 unspecified atom stereocenters. The number of rotatable bonds is 4. The highest BCUT2D eigenvalue weighted by Crippen LogP contribution is 2.43. The molecule has 1 saturated carbocycles. The number of likely N-dealkylation sites (tertiary alicyclic amines) is 1. The van der Waals surface area contributed by atoms with E-state index in [2.05, 4.69) is 6.92 Å². The lowest BCUT2D eigenvalue weighted by atomic mass is 9.83. The molecule has 102 valence electrons. The molecule has 1 saturated heterocycles. The molecule has 0 radical (unpaired) electrons. The lowest BCUT2D eigenvalue weighted by molar-refractivity contribution is -0.141. The van der Waals surface area contributed by atoms with Gasteiger partial charge >= 0.3 is 0 Å². The van der Waals surface area contributed by atoms with E-state index in [1.54, 1.807) is 0 Å². The smallest absolute Gasteiger partial charge is 0.230 e. The number of carbonyl (C=O) groups excluding carboxylic acids is 1. The topological polar surface area (TPSA) is 46.3 Å². The molecule has 2 fully saturated rings. The van der Waals surface area contributed by atoms with Crippen LogP contribution in [0.1, 0.15) is 37.7 Å². The summed E-state index contributed by atoms with van der Waals surface area (Å²) in [5.74, 6) is 0.897. The van der Waals surface area contributed by atoms with Gasteiger partial charge < -0.3 is 10.6 Å². The molecule has 1 amide bonds. The third kappa shape index (κ3) is 2.27. The van der Waals surface area contributed by atoms with Crippen LogP contribution in [0.5, 0.6) is 0 Å². The highest BCUT2D eigenvalue weighted by atomic mass is 16.2. The number of nitrogens with two attached hydrogens (primary N) is 1. The van der Waals surface area contributed by atoms with Gasteiger partial charge in [0.25, 0.3) is 0 Å². The minimum Gasteiger partial charge on any atom is -0.338 e. The highest BCUT2D eigenvalue weighted by Gasteiger charge is 2.52. The Hall–Kier alpha value is -1.35. The van der Waals surface area contributed by atoms with Crippen molar-refractivity contribution in [3.63, 3.8) is 0 Å². The van der Waals surface area contributed by atoms with Gasteiger partial charge in [0, 0.05) is 13.1 Å². The molecule has 3 heteroatoms. The molecule has 0 bridgehead atoms. The van der Waals surface area contributed by atoms with Crippen molar-refractivity contribution in [2.24, 2.45) is 11.7 Å². The van der Waals surface area contributed by atoms with Crippen LogP contribution < -0.4 is 5.73 Å². The third-order valence-corrected chi connectivity index (χ3v) is 4.58. The highest BCUT2D eigenvalue weighted by molar-refractivity contribution is 5.84. The SMILES string of the molecule is CCC(C(=O)N1CC(N)(C2CC2)C1)c1ccccc1. The van der Waals surface area contributed by atoms with Crippen LogP contribution in [-0.4, -0.2) is 29.4 Å². The standard InChI is InChI=1S/C16H22N2O/c1-2-14(12-6-4-3-5-7-12)15(19)18-10-16(17,11-18)13-8-9-13/h3-7,13-14H,2,8-11,17H2,1H3. The molecule has 1 aliphatic carbocycles. The van der Waals surface area contributed by atoms with Gasteiger partial charge in [0.05, 0.1) is 11.5 Å². The molecule has 0 aromatic heterocycles. The van der Waals surface area contributed by atoms with Crippen LogP contribution in [0.2, 0.25) is 0 Å². The van der Waals surface area contributed by atoms with Crippen LogP contribution in [0.4, 0.5) is 0 Å². The molecule has 19 heavy (non-hydrogen) atoms. The number of nitrogens with zero attached hydrogens (tertiary/aromatic N) is 1. The maximum absolute atomic E-state index is 12.6. The van der Waals surface area contributed by atoms with E-state index in [0.29, 0.717) is 5.92 Å². The molecule has 1 atom stereocenters. The second kappa shape index (κ2) is 4.64. The van der Waals surface area contributed by atoms with Crippen molar-refractivity contribution in [3.8, 4) is 0 Å². The summed E-state index contributed by atoms with van der Waals surface area (Å²) in [6.45, 7) is 3.58.